The van der Waals surface area contributed by atoms with E-state index < -0.39 is 5.97 Å². The number of ether oxygens (including phenoxy) is 7. The van der Waals surface area contributed by atoms with E-state index >= 15 is 0 Å². The van der Waals surface area contributed by atoms with E-state index in [1.54, 1.807) is 6.07 Å². The van der Waals surface area contributed by atoms with Crippen LogP contribution in [0.25, 0.3) is 21.8 Å². The largest absolute Gasteiger partial charge is 0.490 e. The number of carbonyl (C=O) groups is 1. The van der Waals surface area contributed by atoms with Gasteiger partial charge in [0.1, 0.15) is 23.1 Å². The molecule has 0 unspecified atom stereocenters. The molecule has 0 aliphatic heterocycles. The molecule has 0 amide bonds. The van der Waals surface area contributed by atoms with Gasteiger partial charge in [-0.25, -0.2) is 9.78 Å². The molecule has 0 bridgehead atoms. The number of rotatable bonds is 16. The van der Waals surface area contributed by atoms with Crippen LogP contribution in [0, 0.1) is 0 Å². The minimum absolute atomic E-state index is 0.000575. The Kier molecular flexibility index (Phi) is 11.8. The van der Waals surface area contributed by atoms with Gasteiger partial charge in [0.25, 0.3) is 0 Å². The minimum atomic E-state index is -0.606. The summed E-state index contributed by atoms with van der Waals surface area (Å²) in [6.45, 7) is 10.6. The molecule has 0 aliphatic carbocycles. The second-order valence-electron chi connectivity index (χ2n) is 8.42. The number of aromatic nitrogens is 1. The highest BCUT2D eigenvalue weighted by atomic mass is 32.1. The average molecular weight is 558 g/mol. The van der Waals surface area contributed by atoms with Crippen LogP contribution in [0.1, 0.15) is 36.7 Å². The first-order chi connectivity index (χ1) is 18.9. The summed E-state index contributed by atoms with van der Waals surface area (Å²) in [6.07, 6.45) is 0.487. The summed E-state index contributed by atoms with van der Waals surface area (Å²) in [5, 5.41) is 2.74. The molecule has 0 saturated carbocycles. The highest BCUT2D eigenvalue weighted by Crippen LogP contribution is 2.38. The summed E-state index contributed by atoms with van der Waals surface area (Å²) in [7, 11) is 3.00. The van der Waals surface area contributed by atoms with E-state index in [0.717, 1.165) is 27.3 Å². The van der Waals surface area contributed by atoms with Crippen LogP contribution in [0.3, 0.4) is 0 Å². The van der Waals surface area contributed by atoms with Gasteiger partial charge in [-0.15, -0.1) is 11.3 Å². The van der Waals surface area contributed by atoms with Gasteiger partial charge in [-0.3, -0.25) is 0 Å². The third-order valence-electron chi connectivity index (χ3n) is 5.26. The molecule has 0 saturated heterocycles. The number of benzene rings is 2. The van der Waals surface area contributed by atoms with Crippen LogP contribution < -0.4 is 14.2 Å². The smallest absolute Gasteiger partial charge is 0.344 e. The Bertz CT molecular complexity index is 1260. The van der Waals surface area contributed by atoms with E-state index in [-0.39, 0.29) is 25.9 Å². The minimum Gasteiger partial charge on any atom is -0.490 e. The van der Waals surface area contributed by atoms with Crippen molar-refractivity contribution in [3.8, 4) is 39.1 Å². The van der Waals surface area contributed by atoms with Crippen LogP contribution in [-0.4, -0.2) is 58.8 Å². The third-order valence-corrected chi connectivity index (χ3v) is 6.16. The lowest BCUT2D eigenvalue weighted by atomic mass is 9.98. The number of nitrogens with zero attached hydrogens (tertiary/aromatic N) is 1. The van der Waals surface area contributed by atoms with Crippen LogP contribution in [0.2, 0.25) is 0 Å². The van der Waals surface area contributed by atoms with Gasteiger partial charge in [-0.2, -0.15) is 0 Å². The van der Waals surface area contributed by atoms with E-state index in [2.05, 4.69) is 6.58 Å². The predicted octanol–water partition coefficient (Wildman–Crippen LogP) is 6.11. The van der Waals surface area contributed by atoms with Gasteiger partial charge in [0, 0.05) is 30.7 Å². The van der Waals surface area contributed by atoms with Crippen LogP contribution in [0.5, 0.6) is 17.2 Å². The number of methoxy groups -OCH3 is 2. The number of carbonyl (C=O) groups excluding carboxylic acids is 1. The molecule has 2 aromatic carbocycles. The Morgan fingerprint density at radius 1 is 0.923 bits per heavy atom. The first-order valence-corrected chi connectivity index (χ1v) is 13.3. The van der Waals surface area contributed by atoms with Crippen molar-refractivity contribution in [1.29, 1.82) is 0 Å². The lowest BCUT2D eigenvalue weighted by molar-refractivity contribution is -0.100. The Morgan fingerprint density at radius 2 is 1.67 bits per heavy atom. The summed E-state index contributed by atoms with van der Waals surface area (Å²) >= 11 is 1.49. The Balaban J connectivity index is 2.03. The highest BCUT2D eigenvalue weighted by Gasteiger charge is 2.22. The lowest BCUT2D eigenvalue weighted by Crippen LogP contribution is -2.14. The molecule has 10 heteroatoms. The van der Waals surface area contributed by atoms with Crippen LogP contribution in [0.4, 0.5) is 0 Å². The van der Waals surface area contributed by atoms with Crippen molar-refractivity contribution < 1.29 is 38.0 Å². The van der Waals surface area contributed by atoms with Crippen molar-refractivity contribution in [3.05, 3.63) is 59.0 Å². The summed E-state index contributed by atoms with van der Waals surface area (Å²) in [5.41, 5.74) is 4.23. The zero-order valence-corrected chi connectivity index (χ0v) is 23.9. The van der Waals surface area contributed by atoms with Gasteiger partial charge in [0.2, 0.25) is 0 Å². The first-order valence-electron chi connectivity index (χ1n) is 12.4. The molecular formula is C29H35NO8S. The standard InChI is InChI=1S/C29H35NO8S/c1-7-35-25-10-9-20(14-26(25)36-8-2)28-30-24(15-39-28)21-12-22(11-19(3)4)27(37-17-33-6)23(13-21)29(31)38-18-34-16-32-5/h9-10,12-15H,3,7-8,11,16-18H2,1-2,4-6H3. The van der Waals surface area contributed by atoms with Crippen LogP contribution in [-0.2, 0) is 25.4 Å². The zero-order valence-electron chi connectivity index (χ0n) is 23.0. The molecule has 0 fully saturated rings. The molecule has 0 atom stereocenters. The van der Waals surface area contributed by atoms with E-state index in [0.29, 0.717) is 42.6 Å². The van der Waals surface area contributed by atoms with Crippen LogP contribution in [0.15, 0.2) is 47.9 Å². The van der Waals surface area contributed by atoms with Gasteiger partial charge in [-0.05, 0) is 63.1 Å². The quantitative estimate of drug-likeness (QED) is 0.0894. The van der Waals surface area contributed by atoms with E-state index in [1.165, 1.54) is 25.6 Å². The number of hydrogen-bond acceptors (Lipinski definition) is 10. The number of allylic oxidation sites excluding steroid dienone is 1. The maximum atomic E-state index is 13.1. The third kappa shape index (κ3) is 8.27. The SMILES string of the molecule is C=C(C)Cc1cc(-c2csc(-c3ccc(OCC)c(OCC)c3)n2)cc(C(=O)OCOCOC)c1OCOC. The van der Waals surface area contributed by atoms with Crippen molar-refractivity contribution in [2.75, 3.05) is 47.8 Å². The van der Waals surface area contributed by atoms with Gasteiger partial charge >= 0.3 is 5.97 Å². The molecule has 39 heavy (non-hydrogen) atoms. The fourth-order valence-corrected chi connectivity index (χ4v) is 4.57. The summed E-state index contributed by atoms with van der Waals surface area (Å²) in [4.78, 5) is 18.0. The van der Waals surface area contributed by atoms with Crippen molar-refractivity contribution in [1.82, 2.24) is 4.98 Å². The summed E-state index contributed by atoms with van der Waals surface area (Å²) < 4.78 is 37.7. The van der Waals surface area contributed by atoms with Gasteiger partial charge < -0.3 is 33.2 Å². The molecular weight excluding hydrogens is 522 g/mol. The molecule has 0 aliphatic rings. The number of esters is 1. The number of thiazole rings is 1. The number of hydrogen-bond donors (Lipinski definition) is 0. The Labute approximate surface area is 233 Å². The molecule has 0 radical (unpaired) electrons. The lowest BCUT2D eigenvalue weighted by Gasteiger charge is -2.17. The molecule has 210 valence electrons. The molecule has 1 heterocycles. The molecule has 3 rings (SSSR count). The maximum absolute atomic E-state index is 13.1. The maximum Gasteiger partial charge on any atom is 0.344 e. The molecule has 0 N–H and O–H groups in total. The monoisotopic (exact) mass is 557 g/mol. The fourth-order valence-electron chi connectivity index (χ4n) is 3.75. The van der Waals surface area contributed by atoms with E-state index in [1.807, 2.05) is 50.4 Å². The Morgan fingerprint density at radius 3 is 2.36 bits per heavy atom. The summed E-state index contributed by atoms with van der Waals surface area (Å²) in [5.74, 6) is 1.11. The second-order valence-corrected chi connectivity index (χ2v) is 9.28. The van der Waals surface area contributed by atoms with Crippen LogP contribution >= 0.6 is 11.3 Å². The van der Waals surface area contributed by atoms with E-state index in [4.69, 9.17) is 38.1 Å². The molecule has 1 aromatic heterocycles. The van der Waals surface area contributed by atoms with Crippen molar-refractivity contribution >= 4 is 17.3 Å². The predicted molar refractivity (Wildman–Crippen MR) is 150 cm³/mol. The highest BCUT2D eigenvalue weighted by molar-refractivity contribution is 7.13. The molecule has 3 aromatic rings. The van der Waals surface area contributed by atoms with Gasteiger partial charge in [-0.1, -0.05) is 12.2 Å². The van der Waals surface area contributed by atoms with Crippen molar-refractivity contribution in [2.45, 2.75) is 27.2 Å². The second kappa shape index (κ2) is 15.2. The molecule has 9 nitrogen and oxygen atoms in total. The van der Waals surface area contributed by atoms with Gasteiger partial charge in [0.05, 0.1) is 18.9 Å². The first kappa shape index (κ1) is 30.1. The van der Waals surface area contributed by atoms with Crippen molar-refractivity contribution in [3.63, 3.8) is 0 Å². The van der Waals surface area contributed by atoms with E-state index in [9.17, 15) is 4.79 Å². The normalized spacial score (nSPS) is 10.8. The van der Waals surface area contributed by atoms with Gasteiger partial charge in [0.15, 0.2) is 25.1 Å². The average Bonchev–Trinajstić information content (AvgIpc) is 3.41. The summed E-state index contributed by atoms with van der Waals surface area (Å²) in [6, 6.07) is 9.41. The Hall–Kier alpha value is -3.44. The van der Waals surface area contributed by atoms with Crippen molar-refractivity contribution in [2.24, 2.45) is 0 Å². The zero-order chi connectivity index (χ0) is 28.2. The fraction of sp³-hybridized carbons (Fsp3) is 0.379. The topological polar surface area (TPSA) is 94.6 Å². The molecule has 0 spiro atoms.